The van der Waals surface area contributed by atoms with Gasteiger partial charge in [-0.3, -0.25) is 9.59 Å². The van der Waals surface area contributed by atoms with Crippen molar-refractivity contribution in [2.45, 2.75) is 17.4 Å². The Morgan fingerprint density at radius 2 is 2.00 bits per heavy atom. The highest BCUT2D eigenvalue weighted by molar-refractivity contribution is 8.00. The van der Waals surface area contributed by atoms with Gasteiger partial charge in [-0.25, -0.2) is 4.79 Å². The number of amides is 2. The molecule has 0 saturated carbocycles. The Bertz CT molecular complexity index is 839. The number of nitrogens with one attached hydrogen (secondary N) is 2. The van der Waals surface area contributed by atoms with Crippen LogP contribution in [0, 0.1) is 0 Å². The van der Waals surface area contributed by atoms with Gasteiger partial charge in [0, 0.05) is 16.9 Å². The van der Waals surface area contributed by atoms with Gasteiger partial charge in [0.15, 0.2) is 0 Å². The average Bonchev–Trinajstić information content (AvgIpc) is 2.67. The van der Waals surface area contributed by atoms with Crippen molar-refractivity contribution in [3.05, 3.63) is 59.7 Å². The van der Waals surface area contributed by atoms with Crippen molar-refractivity contribution in [3.63, 3.8) is 0 Å². The minimum absolute atomic E-state index is 0.100. The lowest BCUT2D eigenvalue weighted by atomic mass is 10.1. The number of anilines is 1. The molecule has 0 bridgehead atoms. The standard InChI is InChI=1S/C19H18N2O4S/c1-25-19(24)15(9-12-5-3-2-4-6-12)21-18(23)13-7-8-16-14(10-13)20-17(22)11-26-16/h2-8,10,15H,9,11H2,1H3,(H,20,22)(H,21,23)/t15-/m0/s1. The van der Waals surface area contributed by atoms with E-state index >= 15 is 0 Å². The van der Waals surface area contributed by atoms with Gasteiger partial charge in [0.1, 0.15) is 6.04 Å². The molecule has 0 radical (unpaired) electrons. The number of methoxy groups -OCH3 is 1. The van der Waals surface area contributed by atoms with E-state index < -0.39 is 17.9 Å². The number of carbonyl (C=O) groups excluding carboxylic acids is 3. The lowest BCUT2D eigenvalue weighted by Gasteiger charge is -2.19. The Hall–Kier alpha value is -2.80. The maximum atomic E-state index is 12.6. The zero-order chi connectivity index (χ0) is 18.5. The Kier molecular flexibility index (Phi) is 5.58. The fourth-order valence-electron chi connectivity index (χ4n) is 2.65. The molecule has 26 heavy (non-hydrogen) atoms. The summed E-state index contributed by atoms with van der Waals surface area (Å²) in [5.41, 5.74) is 1.89. The highest BCUT2D eigenvalue weighted by Gasteiger charge is 2.24. The minimum atomic E-state index is -0.796. The largest absolute Gasteiger partial charge is 0.467 e. The van der Waals surface area contributed by atoms with Crippen LogP contribution in [0.3, 0.4) is 0 Å². The third kappa shape index (κ3) is 4.23. The van der Waals surface area contributed by atoms with E-state index in [-0.39, 0.29) is 5.91 Å². The SMILES string of the molecule is COC(=O)[C@H](Cc1ccccc1)NC(=O)c1ccc2c(c1)NC(=O)CS2. The molecule has 1 aliphatic rings. The molecule has 0 spiro atoms. The molecule has 1 atom stereocenters. The number of rotatable bonds is 5. The molecule has 1 aliphatic heterocycles. The Morgan fingerprint density at radius 1 is 1.23 bits per heavy atom. The van der Waals surface area contributed by atoms with Crippen LogP contribution < -0.4 is 10.6 Å². The number of thioether (sulfide) groups is 1. The predicted octanol–water partition coefficient (Wildman–Crippen LogP) is 2.24. The molecule has 0 fully saturated rings. The zero-order valence-corrected chi connectivity index (χ0v) is 15.0. The van der Waals surface area contributed by atoms with Crippen LogP contribution in [0.5, 0.6) is 0 Å². The van der Waals surface area contributed by atoms with Gasteiger partial charge in [0.25, 0.3) is 5.91 Å². The van der Waals surface area contributed by atoms with E-state index in [1.165, 1.54) is 18.9 Å². The topological polar surface area (TPSA) is 84.5 Å². The number of carbonyl (C=O) groups is 3. The molecule has 0 saturated heterocycles. The van der Waals surface area contributed by atoms with Crippen molar-refractivity contribution in [2.24, 2.45) is 0 Å². The fourth-order valence-corrected chi connectivity index (χ4v) is 3.44. The van der Waals surface area contributed by atoms with Gasteiger partial charge < -0.3 is 15.4 Å². The van der Waals surface area contributed by atoms with Crippen molar-refractivity contribution in [1.82, 2.24) is 5.32 Å². The lowest BCUT2D eigenvalue weighted by molar-refractivity contribution is -0.142. The fraction of sp³-hybridized carbons (Fsp3) is 0.211. The Labute approximate surface area is 155 Å². The van der Waals surface area contributed by atoms with Crippen LogP contribution in [-0.2, 0) is 20.7 Å². The van der Waals surface area contributed by atoms with E-state index in [1.807, 2.05) is 30.3 Å². The van der Waals surface area contributed by atoms with Gasteiger partial charge in [-0.2, -0.15) is 0 Å². The van der Waals surface area contributed by atoms with Gasteiger partial charge >= 0.3 is 5.97 Å². The molecule has 2 aromatic carbocycles. The molecule has 7 heteroatoms. The summed E-state index contributed by atoms with van der Waals surface area (Å²) in [7, 11) is 1.29. The third-order valence-corrected chi connectivity index (χ3v) is 5.02. The van der Waals surface area contributed by atoms with E-state index in [2.05, 4.69) is 10.6 Å². The van der Waals surface area contributed by atoms with E-state index in [4.69, 9.17) is 4.74 Å². The number of ether oxygens (including phenoxy) is 1. The molecule has 3 rings (SSSR count). The van der Waals surface area contributed by atoms with Crippen LogP contribution in [0.2, 0.25) is 0 Å². The first-order valence-electron chi connectivity index (χ1n) is 8.06. The predicted molar refractivity (Wildman–Crippen MR) is 99.2 cm³/mol. The first-order valence-corrected chi connectivity index (χ1v) is 9.04. The van der Waals surface area contributed by atoms with Crippen LogP contribution in [0.1, 0.15) is 15.9 Å². The maximum Gasteiger partial charge on any atom is 0.328 e. The molecular formula is C19H18N2O4S. The smallest absolute Gasteiger partial charge is 0.328 e. The van der Waals surface area contributed by atoms with Gasteiger partial charge in [-0.1, -0.05) is 30.3 Å². The van der Waals surface area contributed by atoms with E-state index in [0.717, 1.165) is 10.5 Å². The van der Waals surface area contributed by atoms with Crippen LogP contribution >= 0.6 is 11.8 Å². The van der Waals surface area contributed by atoms with Crippen molar-refractivity contribution >= 4 is 35.2 Å². The highest BCUT2D eigenvalue weighted by atomic mass is 32.2. The van der Waals surface area contributed by atoms with E-state index in [0.29, 0.717) is 23.4 Å². The first-order chi connectivity index (χ1) is 12.6. The second-order valence-electron chi connectivity index (χ2n) is 5.79. The van der Waals surface area contributed by atoms with Gasteiger partial charge in [-0.05, 0) is 23.8 Å². The van der Waals surface area contributed by atoms with Crippen molar-refractivity contribution in [1.29, 1.82) is 0 Å². The number of hydrogen-bond acceptors (Lipinski definition) is 5. The normalized spacial score (nSPS) is 14.0. The molecule has 1 heterocycles. The molecular weight excluding hydrogens is 352 g/mol. The molecule has 0 aliphatic carbocycles. The van der Waals surface area contributed by atoms with Crippen LogP contribution in [0.25, 0.3) is 0 Å². The third-order valence-electron chi connectivity index (χ3n) is 3.95. The Morgan fingerprint density at radius 3 is 2.73 bits per heavy atom. The lowest BCUT2D eigenvalue weighted by Crippen LogP contribution is -2.43. The molecule has 2 aromatic rings. The second kappa shape index (κ2) is 8.05. The molecule has 0 unspecified atom stereocenters. The number of fused-ring (bicyclic) bond motifs is 1. The summed E-state index contributed by atoms with van der Waals surface area (Å²) in [4.78, 5) is 37.1. The second-order valence-corrected chi connectivity index (χ2v) is 6.80. The maximum absolute atomic E-state index is 12.6. The van der Waals surface area contributed by atoms with Crippen molar-refractivity contribution < 1.29 is 19.1 Å². The summed E-state index contributed by atoms with van der Waals surface area (Å²) in [5, 5.41) is 5.47. The highest BCUT2D eigenvalue weighted by Crippen LogP contribution is 2.31. The number of hydrogen-bond donors (Lipinski definition) is 2. The van der Waals surface area contributed by atoms with Crippen molar-refractivity contribution in [2.75, 3.05) is 18.2 Å². The van der Waals surface area contributed by atoms with Crippen LogP contribution in [0.4, 0.5) is 5.69 Å². The van der Waals surface area contributed by atoms with E-state index in [9.17, 15) is 14.4 Å². The van der Waals surface area contributed by atoms with Crippen molar-refractivity contribution in [3.8, 4) is 0 Å². The van der Waals surface area contributed by atoms with Gasteiger partial charge in [-0.15, -0.1) is 11.8 Å². The van der Waals surface area contributed by atoms with Crippen LogP contribution in [0.15, 0.2) is 53.4 Å². The molecule has 134 valence electrons. The van der Waals surface area contributed by atoms with E-state index in [1.54, 1.807) is 18.2 Å². The molecule has 0 aromatic heterocycles. The van der Waals surface area contributed by atoms with Gasteiger partial charge in [0.2, 0.25) is 5.91 Å². The summed E-state index contributed by atoms with van der Waals surface area (Å²) in [6.07, 6.45) is 0.330. The quantitative estimate of drug-likeness (QED) is 0.789. The Balaban J connectivity index is 1.76. The van der Waals surface area contributed by atoms with Crippen LogP contribution in [-0.4, -0.2) is 36.7 Å². The average molecular weight is 370 g/mol. The summed E-state index contributed by atoms with van der Waals surface area (Å²) >= 11 is 1.42. The summed E-state index contributed by atoms with van der Waals surface area (Å²) in [6.45, 7) is 0. The minimum Gasteiger partial charge on any atom is -0.467 e. The summed E-state index contributed by atoms with van der Waals surface area (Å²) < 4.78 is 4.81. The molecule has 2 amide bonds. The number of esters is 1. The monoisotopic (exact) mass is 370 g/mol. The first kappa shape index (κ1) is 18.0. The molecule has 6 nitrogen and oxygen atoms in total. The number of benzene rings is 2. The zero-order valence-electron chi connectivity index (χ0n) is 14.2. The summed E-state index contributed by atoms with van der Waals surface area (Å²) in [6, 6.07) is 13.7. The summed E-state index contributed by atoms with van der Waals surface area (Å²) in [5.74, 6) is -0.649. The van der Waals surface area contributed by atoms with Gasteiger partial charge in [0.05, 0.1) is 18.6 Å². The molecule has 2 N–H and O–H groups in total.